The lowest BCUT2D eigenvalue weighted by molar-refractivity contribution is -0.139. The molecule has 1 rings (SSSR count). The molecule has 0 aliphatic carbocycles. The van der Waals surface area contributed by atoms with Gasteiger partial charge >= 0.3 is 0 Å². The number of ether oxygens (including phenoxy) is 1. The molecule has 17 heavy (non-hydrogen) atoms. The molecule has 0 fully saturated rings. The fourth-order valence-electron chi connectivity index (χ4n) is 1.51. The van der Waals surface area contributed by atoms with Gasteiger partial charge in [-0.3, -0.25) is 4.79 Å². The number of hydrogen-bond acceptors (Lipinski definition) is 2. The van der Waals surface area contributed by atoms with Crippen molar-refractivity contribution in [2.45, 2.75) is 32.8 Å². The lowest BCUT2D eigenvalue weighted by Crippen LogP contribution is -2.36. The number of benzene rings is 1. The highest BCUT2D eigenvalue weighted by Crippen LogP contribution is 2.17. The Bertz CT molecular complexity index is 414. The summed E-state index contributed by atoms with van der Waals surface area (Å²) in [6.07, 6.45) is -0.170. The van der Waals surface area contributed by atoms with E-state index in [0.717, 1.165) is 18.2 Å². The lowest BCUT2D eigenvalue weighted by Gasteiger charge is -2.23. The molecule has 1 aromatic carbocycles. The van der Waals surface area contributed by atoms with Gasteiger partial charge in [0.2, 0.25) is 0 Å². The third-order valence-corrected chi connectivity index (χ3v) is 2.54. The van der Waals surface area contributed by atoms with E-state index in [9.17, 15) is 13.6 Å². The zero-order chi connectivity index (χ0) is 13.1. The van der Waals surface area contributed by atoms with E-state index in [4.69, 9.17) is 4.74 Å². The van der Waals surface area contributed by atoms with Crippen LogP contribution < -0.4 is 0 Å². The molecule has 0 amide bonds. The second kappa shape index (κ2) is 5.36. The molecule has 0 saturated carbocycles. The van der Waals surface area contributed by atoms with Crippen LogP contribution in [0.4, 0.5) is 8.78 Å². The monoisotopic (exact) mass is 242 g/mol. The first kappa shape index (κ1) is 13.8. The van der Waals surface area contributed by atoms with Gasteiger partial charge in [0.1, 0.15) is 17.2 Å². The van der Waals surface area contributed by atoms with Gasteiger partial charge < -0.3 is 4.74 Å². The van der Waals surface area contributed by atoms with E-state index in [-0.39, 0.29) is 17.8 Å². The summed E-state index contributed by atoms with van der Waals surface area (Å²) in [6.45, 7) is 5.41. The van der Waals surface area contributed by atoms with Gasteiger partial charge in [-0.2, -0.15) is 0 Å². The summed E-state index contributed by atoms with van der Waals surface area (Å²) < 4.78 is 31.5. The van der Waals surface area contributed by atoms with Gasteiger partial charge in [-0.25, -0.2) is 8.78 Å². The Kier molecular flexibility index (Phi) is 4.34. The number of hydrogen-bond donors (Lipinski definition) is 0. The van der Waals surface area contributed by atoms with Gasteiger partial charge in [-0.05, 0) is 44.5 Å². The molecule has 0 bridgehead atoms. The van der Waals surface area contributed by atoms with Crippen LogP contribution in [0.15, 0.2) is 18.2 Å². The van der Waals surface area contributed by atoms with Crippen LogP contribution in [0.25, 0.3) is 0 Å². The molecular formula is C13H16F2O2. The van der Waals surface area contributed by atoms with Crippen LogP contribution in [0.3, 0.4) is 0 Å². The van der Waals surface area contributed by atoms with Crippen LogP contribution in [0, 0.1) is 11.6 Å². The molecular weight excluding hydrogens is 226 g/mol. The second-order valence-corrected chi connectivity index (χ2v) is 4.28. The van der Waals surface area contributed by atoms with Crippen LogP contribution in [0.1, 0.15) is 26.3 Å². The SMILES string of the molecule is CCOC(C)(C)C(=O)Cc1cc(F)ccc1F. The summed E-state index contributed by atoms with van der Waals surface area (Å²) in [4.78, 5) is 11.9. The average Bonchev–Trinajstić information content (AvgIpc) is 2.23. The fraction of sp³-hybridized carbons (Fsp3) is 0.462. The van der Waals surface area contributed by atoms with Crippen LogP contribution >= 0.6 is 0 Å². The maximum Gasteiger partial charge on any atom is 0.168 e. The number of carbonyl (C=O) groups is 1. The van der Waals surface area contributed by atoms with Crippen molar-refractivity contribution in [3.63, 3.8) is 0 Å². The lowest BCUT2D eigenvalue weighted by atomic mass is 9.96. The predicted octanol–water partition coefficient (Wildman–Crippen LogP) is 2.89. The van der Waals surface area contributed by atoms with Crippen molar-refractivity contribution < 1.29 is 18.3 Å². The summed E-state index contributed by atoms with van der Waals surface area (Å²) in [5.74, 6) is -1.40. The predicted molar refractivity (Wildman–Crippen MR) is 60.8 cm³/mol. The molecule has 2 nitrogen and oxygen atoms in total. The molecule has 0 aliphatic heterocycles. The Morgan fingerprint density at radius 2 is 2.00 bits per heavy atom. The third-order valence-electron chi connectivity index (χ3n) is 2.54. The van der Waals surface area contributed by atoms with Gasteiger partial charge in [-0.1, -0.05) is 0 Å². The minimum atomic E-state index is -0.979. The molecule has 94 valence electrons. The normalized spacial score (nSPS) is 11.6. The number of Topliss-reactive ketones (excluding diaryl/α,β-unsaturated/α-hetero) is 1. The van der Waals surface area contributed by atoms with Crippen LogP contribution in [0.5, 0.6) is 0 Å². The molecule has 1 aromatic rings. The van der Waals surface area contributed by atoms with Crippen molar-refractivity contribution >= 4 is 5.78 Å². The highest BCUT2D eigenvalue weighted by Gasteiger charge is 2.28. The second-order valence-electron chi connectivity index (χ2n) is 4.28. The minimum absolute atomic E-state index is 0.0581. The van der Waals surface area contributed by atoms with E-state index < -0.39 is 17.2 Å². The zero-order valence-corrected chi connectivity index (χ0v) is 10.2. The van der Waals surface area contributed by atoms with Crippen molar-refractivity contribution in [3.8, 4) is 0 Å². The highest BCUT2D eigenvalue weighted by molar-refractivity contribution is 5.88. The van der Waals surface area contributed by atoms with Crippen molar-refractivity contribution in [1.82, 2.24) is 0 Å². The Balaban J connectivity index is 2.84. The first-order valence-electron chi connectivity index (χ1n) is 5.48. The van der Waals surface area contributed by atoms with Crippen molar-refractivity contribution in [2.24, 2.45) is 0 Å². The molecule has 0 aromatic heterocycles. The first-order valence-corrected chi connectivity index (χ1v) is 5.48. The van der Waals surface area contributed by atoms with E-state index in [1.807, 2.05) is 0 Å². The summed E-state index contributed by atoms with van der Waals surface area (Å²) in [5, 5.41) is 0. The minimum Gasteiger partial charge on any atom is -0.368 e. The van der Waals surface area contributed by atoms with E-state index in [0.29, 0.717) is 6.61 Å². The van der Waals surface area contributed by atoms with Crippen LogP contribution in [0.2, 0.25) is 0 Å². The Hall–Kier alpha value is -1.29. The Labute approximate surface area is 99.6 Å². The number of halogens is 2. The zero-order valence-electron chi connectivity index (χ0n) is 10.2. The number of ketones is 1. The molecule has 0 atom stereocenters. The van der Waals surface area contributed by atoms with E-state index in [2.05, 4.69) is 0 Å². The van der Waals surface area contributed by atoms with Gasteiger partial charge in [0.25, 0.3) is 0 Å². The smallest absolute Gasteiger partial charge is 0.168 e. The summed E-state index contributed by atoms with van der Waals surface area (Å²) in [5.41, 5.74) is -0.921. The fourth-order valence-corrected chi connectivity index (χ4v) is 1.51. The van der Waals surface area contributed by atoms with Crippen molar-refractivity contribution in [2.75, 3.05) is 6.61 Å². The molecule has 0 spiro atoms. The molecule has 4 heteroatoms. The van der Waals surface area contributed by atoms with Gasteiger partial charge in [0, 0.05) is 13.0 Å². The van der Waals surface area contributed by atoms with Crippen molar-refractivity contribution in [1.29, 1.82) is 0 Å². The summed E-state index contributed by atoms with van der Waals surface area (Å²) >= 11 is 0. The highest BCUT2D eigenvalue weighted by atomic mass is 19.1. The largest absolute Gasteiger partial charge is 0.368 e. The standard InChI is InChI=1S/C13H16F2O2/c1-4-17-13(2,3)12(16)8-9-7-10(14)5-6-11(9)15/h5-7H,4,8H2,1-3H3. The molecule has 0 saturated heterocycles. The quantitative estimate of drug-likeness (QED) is 0.793. The summed E-state index contributed by atoms with van der Waals surface area (Å²) in [7, 11) is 0. The maximum atomic E-state index is 13.3. The maximum absolute atomic E-state index is 13.3. The molecule has 0 aliphatic rings. The Morgan fingerprint density at radius 1 is 1.35 bits per heavy atom. The number of carbonyl (C=O) groups excluding carboxylic acids is 1. The average molecular weight is 242 g/mol. The van der Waals surface area contributed by atoms with E-state index in [1.165, 1.54) is 0 Å². The molecule has 0 unspecified atom stereocenters. The topological polar surface area (TPSA) is 26.3 Å². The van der Waals surface area contributed by atoms with Gasteiger partial charge in [0.15, 0.2) is 5.78 Å². The van der Waals surface area contributed by atoms with E-state index in [1.54, 1.807) is 20.8 Å². The molecule has 0 heterocycles. The van der Waals surface area contributed by atoms with Gasteiger partial charge in [-0.15, -0.1) is 0 Å². The Morgan fingerprint density at radius 3 is 2.59 bits per heavy atom. The first-order chi connectivity index (χ1) is 7.86. The van der Waals surface area contributed by atoms with Crippen molar-refractivity contribution in [3.05, 3.63) is 35.4 Å². The van der Waals surface area contributed by atoms with Crippen LogP contribution in [-0.2, 0) is 16.0 Å². The molecule has 0 N–H and O–H groups in total. The molecule has 0 radical (unpaired) electrons. The third kappa shape index (κ3) is 3.60. The number of rotatable bonds is 5. The van der Waals surface area contributed by atoms with Gasteiger partial charge in [0.05, 0.1) is 0 Å². The van der Waals surface area contributed by atoms with Crippen LogP contribution in [-0.4, -0.2) is 18.0 Å². The van der Waals surface area contributed by atoms with E-state index >= 15 is 0 Å². The summed E-state index contributed by atoms with van der Waals surface area (Å²) in [6, 6.07) is 3.08.